The van der Waals surface area contributed by atoms with Crippen LogP contribution in [0.25, 0.3) is 0 Å². The molecule has 2 rings (SSSR count). The third kappa shape index (κ3) is 5.48. The molecule has 0 aliphatic rings. The molecular formula is C20H26N2O3. The van der Waals surface area contributed by atoms with E-state index in [-0.39, 0.29) is 17.7 Å². The SMILES string of the molecule is CC(C)Cc1ccc(C(C)NC(=O)C(C)NC(=O)c2ccco2)cc1. The monoisotopic (exact) mass is 342 g/mol. The standard InChI is InChI=1S/C20H26N2O3/c1-13(2)12-16-7-9-17(10-8-16)14(3)21-19(23)15(4)22-20(24)18-6-5-11-25-18/h5-11,13-15H,12H2,1-4H3,(H,21,23)(H,22,24). The lowest BCUT2D eigenvalue weighted by Crippen LogP contribution is -2.45. The highest BCUT2D eigenvalue weighted by Crippen LogP contribution is 2.15. The summed E-state index contributed by atoms with van der Waals surface area (Å²) in [7, 11) is 0. The van der Waals surface area contributed by atoms with Gasteiger partial charge in [-0.15, -0.1) is 0 Å². The van der Waals surface area contributed by atoms with E-state index in [0.29, 0.717) is 5.92 Å². The number of amides is 2. The number of rotatable bonds is 7. The summed E-state index contributed by atoms with van der Waals surface area (Å²) in [4.78, 5) is 24.2. The van der Waals surface area contributed by atoms with E-state index in [1.165, 1.54) is 11.8 Å². The Morgan fingerprint density at radius 3 is 2.24 bits per heavy atom. The third-order valence-corrected chi connectivity index (χ3v) is 3.97. The van der Waals surface area contributed by atoms with Crippen molar-refractivity contribution in [2.24, 2.45) is 5.92 Å². The average Bonchev–Trinajstić information content (AvgIpc) is 3.09. The molecule has 2 amide bonds. The molecule has 0 spiro atoms. The molecule has 0 aliphatic carbocycles. The Kier molecular flexibility index (Phi) is 6.39. The van der Waals surface area contributed by atoms with E-state index in [2.05, 4.69) is 36.6 Å². The van der Waals surface area contributed by atoms with Gasteiger partial charge < -0.3 is 15.1 Å². The molecule has 1 heterocycles. The summed E-state index contributed by atoms with van der Waals surface area (Å²) < 4.78 is 5.02. The second-order valence-corrected chi connectivity index (χ2v) is 6.74. The van der Waals surface area contributed by atoms with Crippen LogP contribution in [0.3, 0.4) is 0 Å². The second-order valence-electron chi connectivity index (χ2n) is 6.74. The number of carbonyl (C=O) groups excluding carboxylic acids is 2. The molecule has 134 valence electrons. The highest BCUT2D eigenvalue weighted by atomic mass is 16.3. The maximum absolute atomic E-state index is 12.3. The minimum atomic E-state index is -0.653. The van der Waals surface area contributed by atoms with Crippen LogP contribution in [0.2, 0.25) is 0 Å². The summed E-state index contributed by atoms with van der Waals surface area (Å²) in [5, 5.41) is 5.55. The van der Waals surface area contributed by atoms with Crippen LogP contribution >= 0.6 is 0 Å². The van der Waals surface area contributed by atoms with Crippen molar-refractivity contribution in [3.05, 3.63) is 59.5 Å². The van der Waals surface area contributed by atoms with Crippen molar-refractivity contribution < 1.29 is 14.0 Å². The molecule has 0 bridgehead atoms. The Morgan fingerprint density at radius 1 is 1.00 bits per heavy atom. The van der Waals surface area contributed by atoms with Crippen LogP contribution in [0, 0.1) is 5.92 Å². The normalized spacial score (nSPS) is 13.3. The van der Waals surface area contributed by atoms with Crippen LogP contribution in [-0.2, 0) is 11.2 Å². The Hall–Kier alpha value is -2.56. The van der Waals surface area contributed by atoms with E-state index < -0.39 is 11.9 Å². The van der Waals surface area contributed by atoms with Gasteiger partial charge in [-0.2, -0.15) is 0 Å². The molecule has 0 aliphatic heterocycles. The van der Waals surface area contributed by atoms with E-state index in [1.807, 2.05) is 19.1 Å². The fourth-order valence-corrected chi connectivity index (χ4v) is 2.58. The molecule has 2 N–H and O–H groups in total. The van der Waals surface area contributed by atoms with Crippen LogP contribution in [0.15, 0.2) is 47.1 Å². The first-order valence-corrected chi connectivity index (χ1v) is 8.60. The summed E-state index contributed by atoms with van der Waals surface area (Å²) in [6.07, 6.45) is 2.46. The van der Waals surface area contributed by atoms with Crippen molar-refractivity contribution in [1.82, 2.24) is 10.6 Å². The first-order valence-electron chi connectivity index (χ1n) is 8.60. The lowest BCUT2D eigenvalue weighted by molar-refractivity contribution is -0.123. The van der Waals surface area contributed by atoms with E-state index in [4.69, 9.17) is 4.42 Å². The highest BCUT2D eigenvalue weighted by molar-refractivity contribution is 5.95. The predicted molar refractivity (Wildman–Crippen MR) is 97.2 cm³/mol. The summed E-state index contributed by atoms with van der Waals surface area (Å²) in [5.74, 6) is 0.159. The Bertz CT molecular complexity index is 690. The molecule has 2 atom stereocenters. The largest absolute Gasteiger partial charge is 0.459 e. The van der Waals surface area contributed by atoms with Gasteiger partial charge in [-0.3, -0.25) is 9.59 Å². The van der Waals surface area contributed by atoms with Crippen LogP contribution in [0.4, 0.5) is 0 Å². The average molecular weight is 342 g/mol. The zero-order chi connectivity index (χ0) is 18.4. The third-order valence-electron chi connectivity index (χ3n) is 3.97. The summed E-state index contributed by atoms with van der Waals surface area (Å²) in [6, 6.07) is 10.7. The zero-order valence-corrected chi connectivity index (χ0v) is 15.2. The number of nitrogens with one attached hydrogen (secondary N) is 2. The highest BCUT2D eigenvalue weighted by Gasteiger charge is 2.19. The van der Waals surface area contributed by atoms with Gasteiger partial charge in [0.2, 0.25) is 5.91 Å². The molecule has 0 fully saturated rings. The number of hydrogen-bond acceptors (Lipinski definition) is 3. The molecule has 0 saturated carbocycles. The van der Waals surface area contributed by atoms with Gasteiger partial charge in [-0.05, 0) is 49.4 Å². The fourth-order valence-electron chi connectivity index (χ4n) is 2.58. The molecule has 0 radical (unpaired) electrons. The number of carbonyl (C=O) groups is 2. The maximum atomic E-state index is 12.3. The van der Waals surface area contributed by atoms with Gasteiger partial charge in [0.15, 0.2) is 5.76 Å². The molecule has 5 heteroatoms. The molecule has 2 unspecified atom stereocenters. The topological polar surface area (TPSA) is 71.3 Å². The van der Waals surface area contributed by atoms with Crippen molar-refractivity contribution in [2.75, 3.05) is 0 Å². The minimum absolute atomic E-state index is 0.136. The molecule has 1 aromatic heterocycles. The lowest BCUT2D eigenvalue weighted by atomic mass is 10.00. The Morgan fingerprint density at radius 2 is 1.68 bits per heavy atom. The molecular weight excluding hydrogens is 316 g/mol. The zero-order valence-electron chi connectivity index (χ0n) is 15.2. The van der Waals surface area contributed by atoms with Crippen LogP contribution in [0.1, 0.15) is 55.4 Å². The summed E-state index contributed by atoms with van der Waals surface area (Å²) >= 11 is 0. The fraction of sp³-hybridized carbons (Fsp3) is 0.400. The van der Waals surface area contributed by atoms with Gasteiger partial charge in [-0.1, -0.05) is 38.1 Å². The molecule has 0 saturated heterocycles. The first-order chi connectivity index (χ1) is 11.9. The van der Waals surface area contributed by atoms with Crippen LogP contribution in [0.5, 0.6) is 0 Å². The van der Waals surface area contributed by atoms with Crippen LogP contribution in [-0.4, -0.2) is 17.9 Å². The molecule has 25 heavy (non-hydrogen) atoms. The predicted octanol–water partition coefficient (Wildman–Crippen LogP) is 3.47. The Balaban J connectivity index is 1.89. The lowest BCUT2D eigenvalue weighted by Gasteiger charge is -2.19. The summed E-state index contributed by atoms with van der Waals surface area (Å²) in [6.45, 7) is 7.95. The smallest absolute Gasteiger partial charge is 0.287 e. The van der Waals surface area contributed by atoms with E-state index >= 15 is 0 Å². The van der Waals surface area contributed by atoms with Gasteiger partial charge in [-0.25, -0.2) is 0 Å². The van der Waals surface area contributed by atoms with Crippen molar-refractivity contribution in [1.29, 1.82) is 0 Å². The van der Waals surface area contributed by atoms with Crippen LogP contribution < -0.4 is 10.6 Å². The van der Waals surface area contributed by atoms with E-state index in [9.17, 15) is 9.59 Å². The molecule has 2 aromatic rings. The van der Waals surface area contributed by atoms with Gasteiger partial charge in [0.05, 0.1) is 12.3 Å². The van der Waals surface area contributed by atoms with Crippen molar-refractivity contribution >= 4 is 11.8 Å². The van der Waals surface area contributed by atoms with Crippen molar-refractivity contribution in [3.8, 4) is 0 Å². The maximum Gasteiger partial charge on any atom is 0.287 e. The molecule has 1 aromatic carbocycles. The quantitative estimate of drug-likeness (QED) is 0.809. The second kappa shape index (κ2) is 8.51. The van der Waals surface area contributed by atoms with Gasteiger partial charge in [0.1, 0.15) is 6.04 Å². The number of benzene rings is 1. The van der Waals surface area contributed by atoms with E-state index in [1.54, 1.807) is 19.1 Å². The van der Waals surface area contributed by atoms with Crippen molar-refractivity contribution in [3.63, 3.8) is 0 Å². The van der Waals surface area contributed by atoms with Crippen molar-refractivity contribution in [2.45, 2.75) is 46.2 Å². The van der Waals surface area contributed by atoms with Gasteiger partial charge in [0, 0.05) is 0 Å². The summed E-state index contributed by atoms with van der Waals surface area (Å²) in [5.41, 5.74) is 2.32. The minimum Gasteiger partial charge on any atom is -0.459 e. The van der Waals surface area contributed by atoms with Gasteiger partial charge in [0.25, 0.3) is 5.91 Å². The number of hydrogen-bond donors (Lipinski definition) is 2. The first kappa shape index (κ1) is 18.8. The Labute approximate surface area is 148 Å². The van der Waals surface area contributed by atoms with Gasteiger partial charge >= 0.3 is 0 Å². The number of furan rings is 1. The molecule has 5 nitrogen and oxygen atoms in total. The van der Waals surface area contributed by atoms with E-state index in [0.717, 1.165) is 12.0 Å².